The van der Waals surface area contributed by atoms with Crippen LogP contribution in [0, 0.1) is 0 Å². The summed E-state index contributed by atoms with van der Waals surface area (Å²) in [6.07, 6.45) is 0. The van der Waals surface area contributed by atoms with Gasteiger partial charge >= 0.3 is 0 Å². The molecule has 0 aliphatic carbocycles. The molecule has 1 rings (SSSR count). The van der Waals surface area contributed by atoms with Crippen molar-refractivity contribution in [3.8, 4) is 0 Å². The number of amides is 1. The van der Waals surface area contributed by atoms with E-state index in [0.717, 1.165) is 11.3 Å². The molecule has 0 atom stereocenters. The first kappa shape index (κ1) is 14.4. The zero-order valence-corrected chi connectivity index (χ0v) is 11.5. The van der Waals surface area contributed by atoms with E-state index in [4.69, 9.17) is 15.4 Å². The Hall–Kier alpha value is -0.630. The standard InChI is InChI=1S/C9H12ClNO4S2/c1-2-15-6-8(12)11-5-7-3-4-9(16-7)17(10,13)14/h3-4H,2,5-6H2,1H3,(H,11,12). The van der Waals surface area contributed by atoms with Crippen LogP contribution in [0.2, 0.25) is 0 Å². The molecule has 0 fully saturated rings. The van der Waals surface area contributed by atoms with Gasteiger partial charge in [-0.2, -0.15) is 0 Å². The summed E-state index contributed by atoms with van der Waals surface area (Å²) in [5.41, 5.74) is 0. The molecule has 0 spiro atoms. The number of ether oxygens (including phenoxy) is 1. The lowest BCUT2D eigenvalue weighted by Crippen LogP contribution is -2.26. The van der Waals surface area contributed by atoms with Crippen molar-refractivity contribution in [3.63, 3.8) is 0 Å². The van der Waals surface area contributed by atoms with Crippen LogP contribution >= 0.6 is 22.0 Å². The van der Waals surface area contributed by atoms with Crippen LogP contribution in [0.5, 0.6) is 0 Å². The van der Waals surface area contributed by atoms with Crippen molar-refractivity contribution < 1.29 is 17.9 Å². The summed E-state index contributed by atoms with van der Waals surface area (Å²) in [5, 5.41) is 2.61. The monoisotopic (exact) mass is 297 g/mol. The van der Waals surface area contributed by atoms with Crippen LogP contribution in [-0.2, 0) is 25.1 Å². The van der Waals surface area contributed by atoms with Gasteiger partial charge in [0.05, 0.1) is 6.54 Å². The molecule has 8 heteroatoms. The molecule has 17 heavy (non-hydrogen) atoms. The first-order valence-corrected chi connectivity index (χ1v) is 7.94. The minimum absolute atomic E-state index is 0.00252. The highest BCUT2D eigenvalue weighted by Crippen LogP contribution is 2.24. The van der Waals surface area contributed by atoms with E-state index < -0.39 is 9.05 Å². The SMILES string of the molecule is CCOCC(=O)NCc1ccc(S(=O)(=O)Cl)s1. The molecular formula is C9H12ClNO4S2. The van der Waals surface area contributed by atoms with Crippen molar-refractivity contribution in [3.05, 3.63) is 17.0 Å². The molecule has 0 saturated heterocycles. The number of carbonyl (C=O) groups is 1. The minimum Gasteiger partial charge on any atom is -0.372 e. The van der Waals surface area contributed by atoms with Crippen molar-refractivity contribution in [2.75, 3.05) is 13.2 Å². The minimum atomic E-state index is -3.68. The van der Waals surface area contributed by atoms with Crippen molar-refractivity contribution in [1.82, 2.24) is 5.32 Å². The number of hydrogen-bond donors (Lipinski definition) is 1. The maximum atomic E-state index is 11.2. The maximum Gasteiger partial charge on any atom is 0.270 e. The smallest absolute Gasteiger partial charge is 0.270 e. The second-order valence-electron chi connectivity index (χ2n) is 3.07. The Kier molecular flexibility index (Phi) is 5.38. The molecule has 0 aliphatic heterocycles. The average Bonchev–Trinajstić information content (AvgIpc) is 2.71. The van der Waals surface area contributed by atoms with Crippen LogP contribution < -0.4 is 5.32 Å². The highest BCUT2D eigenvalue weighted by molar-refractivity contribution is 8.15. The van der Waals surface area contributed by atoms with E-state index in [0.29, 0.717) is 11.5 Å². The molecule has 0 aliphatic rings. The van der Waals surface area contributed by atoms with Gasteiger partial charge in [-0.25, -0.2) is 8.42 Å². The van der Waals surface area contributed by atoms with E-state index in [1.54, 1.807) is 13.0 Å². The molecule has 0 unspecified atom stereocenters. The highest BCUT2D eigenvalue weighted by atomic mass is 35.7. The third-order valence-corrected chi connectivity index (χ3v) is 4.95. The summed E-state index contributed by atoms with van der Waals surface area (Å²) in [4.78, 5) is 11.9. The van der Waals surface area contributed by atoms with Gasteiger partial charge in [0.2, 0.25) is 5.91 Å². The van der Waals surface area contributed by atoms with E-state index in [1.807, 2.05) is 0 Å². The summed E-state index contributed by atoms with van der Waals surface area (Å²) >= 11 is 1.03. The number of rotatable bonds is 6. The molecule has 0 saturated carbocycles. The Morgan fingerprint density at radius 1 is 1.53 bits per heavy atom. The summed E-state index contributed by atoms with van der Waals surface area (Å²) < 4.78 is 27.0. The highest BCUT2D eigenvalue weighted by Gasteiger charge is 2.13. The Morgan fingerprint density at radius 3 is 2.76 bits per heavy atom. The summed E-state index contributed by atoms with van der Waals surface area (Å²) in [7, 11) is 1.50. The lowest BCUT2D eigenvalue weighted by Gasteiger charge is -2.02. The predicted octanol–water partition coefficient (Wildman–Crippen LogP) is 1.33. The van der Waals surface area contributed by atoms with E-state index in [1.165, 1.54) is 6.07 Å². The maximum absolute atomic E-state index is 11.2. The lowest BCUT2D eigenvalue weighted by atomic mass is 10.4. The van der Waals surface area contributed by atoms with Crippen LogP contribution in [-0.4, -0.2) is 27.5 Å². The van der Waals surface area contributed by atoms with Gasteiger partial charge in [-0.05, 0) is 19.1 Å². The van der Waals surface area contributed by atoms with Gasteiger partial charge in [0.15, 0.2) is 0 Å². The first-order valence-electron chi connectivity index (χ1n) is 4.81. The van der Waals surface area contributed by atoms with Gasteiger partial charge in [-0.15, -0.1) is 11.3 Å². The van der Waals surface area contributed by atoms with Gasteiger partial charge in [0.1, 0.15) is 10.8 Å². The summed E-state index contributed by atoms with van der Waals surface area (Å²) in [6.45, 7) is 2.54. The van der Waals surface area contributed by atoms with Crippen LogP contribution in [0.25, 0.3) is 0 Å². The Balaban J connectivity index is 2.48. The molecule has 0 radical (unpaired) electrons. The van der Waals surface area contributed by atoms with Gasteiger partial charge in [0.25, 0.3) is 9.05 Å². The van der Waals surface area contributed by atoms with Gasteiger partial charge in [-0.3, -0.25) is 4.79 Å². The molecule has 5 nitrogen and oxygen atoms in total. The molecule has 0 aromatic carbocycles. The predicted molar refractivity (Wildman–Crippen MR) is 65.7 cm³/mol. The molecule has 96 valence electrons. The molecular weight excluding hydrogens is 286 g/mol. The molecule has 1 heterocycles. The quantitative estimate of drug-likeness (QED) is 0.804. The largest absolute Gasteiger partial charge is 0.372 e. The van der Waals surface area contributed by atoms with E-state index >= 15 is 0 Å². The van der Waals surface area contributed by atoms with Crippen molar-refractivity contribution >= 4 is 37.0 Å². The zero-order valence-electron chi connectivity index (χ0n) is 9.10. The van der Waals surface area contributed by atoms with Gasteiger partial charge in [0, 0.05) is 22.2 Å². The molecule has 0 bridgehead atoms. The molecule has 1 aromatic heterocycles. The zero-order chi connectivity index (χ0) is 12.9. The molecule has 1 aromatic rings. The van der Waals surface area contributed by atoms with E-state index in [-0.39, 0.29) is 23.3 Å². The second kappa shape index (κ2) is 6.34. The molecule has 1 amide bonds. The third kappa shape index (κ3) is 5.03. The fraction of sp³-hybridized carbons (Fsp3) is 0.444. The molecule has 1 N–H and O–H groups in total. The van der Waals surface area contributed by atoms with E-state index in [2.05, 4.69) is 5.32 Å². The Morgan fingerprint density at radius 2 is 2.24 bits per heavy atom. The number of carbonyl (C=O) groups excluding carboxylic acids is 1. The summed E-state index contributed by atoms with van der Waals surface area (Å²) in [6, 6.07) is 3.03. The number of thiophene rings is 1. The second-order valence-corrected chi connectivity index (χ2v) is 7.03. The van der Waals surface area contributed by atoms with Crippen LogP contribution in [0.15, 0.2) is 16.3 Å². The lowest BCUT2D eigenvalue weighted by molar-refractivity contribution is -0.125. The fourth-order valence-corrected chi connectivity index (χ4v) is 3.08. The number of hydrogen-bond acceptors (Lipinski definition) is 5. The van der Waals surface area contributed by atoms with Crippen LogP contribution in [0.1, 0.15) is 11.8 Å². The van der Waals surface area contributed by atoms with Gasteiger partial charge in [-0.1, -0.05) is 0 Å². The van der Waals surface area contributed by atoms with Crippen molar-refractivity contribution in [2.24, 2.45) is 0 Å². The Labute approximate surface area is 108 Å². The van der Waals surface area contributed by atoms with Crippen LogP contribution in [0.4, 0.5) is 0 Å². The Bertz CT molecular complexity index is 483. The summed E-state index contributed by atoms with van der Waals surface area (Å²) in [5.74, 6) is -0.240. The number of nitrogens with one attached hydrogen (secondary N) is 1. The van der Waals surface area contributed by atoms with Crippen molar-refractivity contribution in [2.45, 2.75) is 17.7 Å². The third-order valence-electron chi connectivity index (χ3n) is 1.77. The topological polar surface area (TPSA) is 72.5 Å². The van der Waals surface area contributed by atoms with E-state index in [9.17, 15) is 13.2 Å². The normalized spacial score (nSPS) is 11.4. The fourth-order valence-electron chi connectivity index (χ4n) is 1.02. The first-order chi connectivity index (χ1) is 7.93. The number of halogens is 1. The average molecular weight is 298 g/mol. The van der Waals surface area contributed by atoms with Crippen molar-refractivity contribution in [1.29, 1.82) is 0 Å². The van der Waals surface area contributed by atoms with Gasteiger partial charge < -0.3 is 10.1 Å². The van der Waals surface area contributed by atoms with Crippen LogP contribution in [0.3, 0.4) is 0 Å².